The predicted molar refractivity (Wildman–Crippen MR) is 83.6 cm³/mol. The Bertz CT molecular complexity index is 734. The highest BCUT2D eigenvalue weighted by Gasteiger charge is 2.31. The van der Waals surface area contributed by atoms with Crippen molar-refractivity contribution in [2.45, 2.75) is 19.8 Å². The van der Waals surface area contributed by atoms with E-state index < -0.39 is 0 Å². The molecule has 0 saturated carbocycles. The molecule has 5 heteroatoms. The molecule has 5 nitrogen and oxygen atoms in total. The number of hydrogen-bond acceptors (Lipinski definition) is 4. The molecule has 22 heavy (non-hydrogen) atoms. The van der Waals surface area contributed by atoms with Gasteiger partial charge in [-0.25, -0.2) is 0 Å². The van der Waals surface area contributed by atoms with Crippen molar-refractivity contribution in [2.24, 2.45) is 13.0 Å². The third-order valence-corrected chi connectivity index (χ3v) is 4.18. The van der Waals surface area contributed by atoms with E-state index >= 15 is 0 Å². The molecule has 0 unspecified atom stereocenters. The third kappa shape index (κ3) is 2.17. The van der Waals surface area contributed by atoms with Crippen LogP contribution in [0.2, 0.25) is 0 Å². The van der Waals surface area contributed by atoms with Gasteiger partial charge < -0.3 is 9.47 Å². The summed E-state index contributed by atoms with van der Waals surface area (Å²) in [5.41, 5.74) is 3.21. The number of aromatic nitrogens is 2. The summed E-state index contributed by atoms with van der Waals surface area (Å²) in [5, 5.41) is 4.59. The minimum Gasteiger partial charge on any atom is -0.493 e. The van der Waals surface area contributed by atoms with Crippen molar-refractivity contribution in [3.05, 3.63) is 29.5 Å². The maximum Gasteiger partial charge on any atom is 0.170 e. The van der Waals surface area contributed by atoms with Gasteiger partial charge >= 0.3 is 0 Å². The van der Waals surface area contributed by atoms with E-state index in [0.29, 0.717) is 29.5 Å². The zero-order chi connectivity index (χ0) is 15.9. The van der Waals surface area contributed by atoms with Crippen LogP contribution in [0.5, 0.6) is 11.5 Å². The zero-order valence-corrected chi connectivity index (χ0v) is 13.3. The normalized spacial score (nSPS) is 17.3. The Labute approximate surface area is 129 Å². The quantitative estimate of drug-likeness (QED) is 0.874. The number of para-hydroxylation sites is 1. The molecule has 0 spiro atoms. The SMILES string of the molecule is COc1cccc(-c2nn(C)c3c2C(=O)C[C@@H](C)C3)c1OC. The molecule has 1 atom stereocenters. The monoisotopic (exact) mass is 300 g/mol. The first-order valence-corrected chi connectivity index (χ1v) is 7.37. The zero-order valence-electron chi connectivity index (χ0n) is 13.3. The van der Waals surface area contributed by atoms with Crippen LogP contribution in [0.25, 0.3) is 11.3 Å². The number of methoxy groups -OCH3 is 2. The fourth-order valence-electron chi connectivity index (χ4n) is 3.17. The number of aryl methyl sites for hydroxylation is 1. The first-order chi connectivity index (χ1) is 10.6. The highest BCUT2D eigenvalue weighted by atomic mass is 16.5. The van der Waals surface area contributed by atoms with Gasteiger partial charge in [0.2, 0.25) is 0 Å². The Morgan fingerprint density at radius 2 is 2.00 bits per heavy atom. The Morgan fingerprint density at radius 1 is 1.23 bits per heavy atom. The molecule has 1 aliphatic carbocycles. The van der Waals surface area contributed by atoms with E-state index in [1.54, 1.807) is 14.2 Å². The number of ether oxygens (including phenoxy) is 2. The molecule has 0 saturated heterocycles. The molecular formula is C17H20N2O3. The lowest BCUT2D eigenvalue weighted by atomic mass is 9.86. The van der Waals surface area contributed by atoms with Crippen molar-refractivity contribution >= 4 is 5.78 Å². The van der Waals surface area contributed by atoms with Crippen molar-refractivity contribution in [1.82, 2.24) is 9.78 Å². The number of fused-ring (bicyclic) bond motifs is 1. The van der Waals surface area contributed by atoms with Crippen LogP contribution in [0.15, 0.2) is 18.2 Å². The fraction of sp³-hybridized carbons (Fsp3) is 0.412. The summed E-state index contributed by atoms with van der Waals surface area (Å²) in [6.45, 7) is 2.10. The summed E-state index contributed by atoms with van der Waals surface area (Å²) in [7, 11) is 5.09. The van der Waals surface area contributed by atoms with E-state index in [1.807, 2.05) is 29.9 Å². The first-order valence-electron chi connectivity index (χ1n) is 7.37. The van der Waals surface area contributed by atoms with Gasteiger partial charge in [0.25, 0.3) is 0 Å². The molecule has 0 N–H and O–H groups in total. The van der Waals surface area contributed by atoms with Crippen molar-refractivity contribution < 1.29 is 14.3 Å². The molecule has 0 fully saturated rings. The molecule has 0 bridgehead atoms. The fourth-order valence-corrected chi connectivity index (χ4v) is 3.17. The lowest BCUT2D eigenvalue weighted by Gasteiger charge is -2.18. The van der Waals surface area contributed by atoms with Crippen molar-refractivity contribution in [3.8, 4) is 22.8 Å². The van der Waals surface area contributed by atoms with E-state index in [2.05, 4.69) is 12.0 Å². The Morgan fingerprint density at radius 3 is 2.68 bits per heavy atom. The number of ketones is 1. The van der Waals surface area contributed by atoms with Gasteiger partial charge in [-0.2, -0.15) is 5.10 Å². The lowest BCUT2D eigenvalue weighted by Crippen LogP contribution is -2.19. The minimum absolute atomic E-state index is 0.154. The van der Waals surface area contributed by atoms with Gasteiger partial charge in [-0.05, 0) is 24.5 Å². The summed E-state index contributed by atoms with van der Waals surface area (Å²) in [4.78, 5) is 12.5. The summed E-state index contributed by atoms with van der Waals surface area (Å²) < 4.78 is 12.7. The molecule has 1 aliphatic rings. The molecule has 1 aromatic heterocycles. The molecule has 0 amide bonds. The number of rotatable bonds is 3. The van der Waals surface area contributed by atoms with Gasteiger partial charge in [0, 0.05) is 24.7 Å². The Hall–Kier alpha value is -2.30. The second kappa shape index (κ2) is 5.48. The molecule has 1 heterocycles. The number of carbonyl (C=O) groups excluding carboxylic acids is 1. The summed E-state index contributed by atoms with van der Waals surface area (Å²) >= 11 is 0. The van der Waals surface area contributed by atoms with Crippen molar-refractivity contribution in [1.29, 1.82) is 0 Å². The van der Waals surface area contributed by atoms with Crippen LogP contribution in [0, 0.1) is 5.92 Å². The molecular weight excluding hydrogens is 280 g/mol. The third-order valence-electron chi connectivity index (χ3n) is 4.18. The van der Waals surface area contributed by atoms with Crippen LogP contribution in [0.1, 0.15) is 29.4 Å². The number of nitrogens with zero attached hydrogens (tertiary/aromatic N) is 2. The molecule has 0 radical (unpaired) electrons. The topological polar surface area (TPSA) is 53.4 Å². The highest BCUT2D eigenvalue weighted by molar-refractivity contribution is 6.04. The van der Waals surface area contributed by atoms with E-state index in [0.717, 1.165) is 23.2 Å². The average molecular weight is 300 g/mol. The molecule has 1 aromatic carbocycles. The maximum absolute atomic E-state index is 12.5. The smallest absolute Gasteiger partial charge is 0.170 e. The maximum atomic E-state index is 12.5. The van der Waals surface area contributed by atoms with Gasteiger partial charge in [-0.1, -0.05) is 13.0 Å². The van der Waals surface area contributed by atoms with Crippen LogP contribution >= 0.6 is 0 Å². The number of hydrogen-bond donors (Lipinski definition) is 0. The van der Waals surface area contributed by atoms with E-state index in [9.17, 15) is 4.79 Å². The average Bonchev–Trinajstić information content (AvgIpc) is 2.83. The predicted octanol–water partition coefficient (Wildman–Crippen LogP) is 2.87. The first kappa shape index (κ1) is 14.6. The van der Waals surface area contributed by atoms with E-state index in [1.165, 1.54) is 0 Å². The number of carbonyl (C=O) groups is 1. The van der Waals surface area contributed by atoms with E-state index in [4.69, 9.17) is 9.47 Å². The van der Waals surface area contributed by atoms with Gasteiger partial charge in [0.1, 0.15) is 5.69 Å². The number of benzene rings is 1. The molecule has 3 rings (SSSR count). The van der Waals surface area contributed by atoms with Gasteiger partial charge in [0.05, 0.1) is 19.8 Å². The second-order valence-electron chi connectivity index (χ2n) is 5.77. The molecule has 0 aliphatic heterocycles. The Balaban J connectivity index is 2.23. The largest absolute Gasteiger partial charge is 0.493 e. The summed E-state index contributed by atoms with van der Waals surface area (Å²) in [5.74, 6) is 1.76. The van der Waals surface area contributed by atoms with Crippen LogP contribution in [0.4, 0.5) is 0 Å². The van der Waals surface area contributed by atoms with Crippen molar-refractivity contribution in [3.63, 3.8) is 0 Å². The second-order valence-corrected chi connectivity index (χ2v) is 5.77. The molecule has 2 aromatic rings. The van der Waals surface area contributed by atoms with Crippen LogP contribution in [-0.2, 0) is 13.5 Å². The highest BCUT2D eigenvalue weighted by Crippen LogP contribution is 2.41. The Kier molecular flexibility index (Phi) is 3.64. The summed E-state index contributed by atoms with van der Waals surface area (Å²) in [6.07, 6.45) is 1.44. The van der Waals surface area contributed by atoms with Gasteiger partial charge in [-0.15, -0.1) is 0 Å². The minimum atomic E-state index is 0.154. The van der Waals surface area contributed by atoms with Crippen LogP contribution in [0.3, 0.4) is 0 Å². The number of Topliss-reactive ketones (excluding diaryl/α,β-unsaturated/α-hetero) is 1. The van der Waals surface area contributed by atoms with E-state index in [-0.39, 0.29) is 5.78 Å². The molecule has 116 valence electrons. The van der Waals surface area contributed by atoms with Gasteiger partial charge in [0.15, 0.2) is 17.3 Å². The van der Waals surface area contributed by atoms with Crippen LogP contribution < -0.4 is 9.47 Å². The van der Waals surface area contributed by atoms with Gasteiger partial charge in [-0.3, -0.25) is 9.48 Å². The van der Waals surface area contributed by atoms with Crippen LogP contribution in [-0.4, -0.2) is 29.8 Å². The summed E-state index contributed by atoms with van der Waals surface area (Å²) in [6, 6.07) is 5.63. The standard InChI is InChI=1S/C17H20N2O3/c1-10-8-12-15(13(20)9-10)16(18-19(12)2)11-6-5-7-14(21-3)17(11)22-4/h5-7,10H,8-9H2,1-4H3/t10-/m0/s1. The lowest BCUT2D eigenvalue weighted by molar-refractivity contribution is 0.0953. The van der Waals surface area contributed by atoms with Crippen molar-refractivity contribution in [2.75, 3.05) is 14.2 Å².